The van der Waals surface area contributed by atoms with Crippen molar-refractivity contribution in [2.24, 2.45) is 5.73 Å². The summed E-state index contributed by atoms with van der Waals surface area (Å²) in [4.78, 5) is 0.413. The molecule has 1 aromatic carbocycles. The quantitative estimate of drug-likeness (QED) is 0.842. The van der Waals surface area contributed by atoms with Crippen LogP contribution in [0.25, 0.3) is 0 Å². The van der Waals surface area contributed by atoms with E-state index in [0.29, 0.717) is 12.1 Å². The van der Waals surface area contributed by atoms with Gasteiger partial charge in [0.15, 0.2) is 9.84 Å². The van der Waals surface area contributed by atoms with Crippen molar-refractivity contribution in [3.05, 3.63) is 47.8 Å². The average Bonchev–Trinajstić information content (AvgIpc) is 2.82. The van der Waals surface area contributed by atoms with Crippen molar-refractivity contribution < 1.29 is 8.42 Å². The number of thiocarbonyl (C=S) groups is 1. The van der Waals surface area contributed by atoms with E-state index in [1.165, 1.54) is 6.07 Å². The second-order valence-electron chi connectivity index (χ2n) is 4.43. The first-order valence-corrected chi connectivity index (χ1v) is 8.07. The highest BCUT2D eigenvalue weighted by Crippen LogP contribution is 2.14. The van der Waals surface area contributed by atoms with E-state index in [2.05, 4.69) is 5.10 Å². The number of aryl methyl sites for hydroxylation is 2. The molecule has 0 radical (unpaired) electrons. The standard InChI is InChI=1S/C13H15N3O2S2/c1-10-5-6-16(15-10)7-8-20(17,18)12-4-2-3-11(9-12)13(14)19/h2-6,9H,7-8H2,1H3,(H2,14,19). The predicted octanol–water partition coefficient (Wildman–Crippen LogP) is 1.30. The minimum Gasteiger partial charge on any atom is -0.389 e. The fourth-order valence-corrected chi connectivity index (χ4v) is 3.14. The minimum atomic E-state index is -3.38. The maximum Gasteiger partial charge on any atom is 0.180 e. The minimum absolute atomic E-state index is 0.0189. The lowest BCUT2D eigenvalue weighted by Crippen LogP contribution is -2.15. The number of hydrogen-bond donors (Lipinski definition) is 1. The molecule has 0 unspecified atom stereocenters. The molecule has 0 aliphatic carbocycles. The smallest absolute Gasteiger partial charge is 0.180 e. The molecule has 2 rings (SSSR count). The second-order valence-corrected chi connectivity index (χ2v) is 6.98. The Morgan fingerprint density at radius 3 is 2.75 bits per heavy atom. The van der Waals surface area contributed by atoms with Crippen LogP contribution in [0.2, 0.25) is 0 Å². The molecular formula is C13H15N3O2S2. The topological polar surface area (TPSA) is 78.0 Å². The van der Waals surface area contributed by atoms with Gasteiger partial charge in [0.2, 0.25) is 0 Å². The van der Waals surface area contributed by atoms with E-state index in [-0.39, 0.29) is 15.6 Å². The van der Waals surface area contributed by atoms with Crippen LogP contribution < -0.4 is 5.73 Å². The van der Waals surface area contributed by atoms with Gasteiger partial charge in [0.1, 0.15) is 4.99 Å². The van der Waals surface area contributed by atoms with Crippen molar-refractivity contribution in [2.45, 2.75) is 18.4 Å². The van der Waals surface area contributed by atoms with Crippen LogP contribution in [0, 0.1) is 6.92 Å². The fourth-order valence-electron chi connectivity index (χ4n) is 1.76. The Hall–Kier alpha value is -1.73. The highest BCUT2D eigenvalue weighted by Gasteiger charge is 2.15. The van der Waals surface area contributed by atoms with Gasteiger partial charge < -0.3 is 5.73 Å². The molecule has 2 aromatic rings. The number of hydrogen-bond acceptors (Lipinski definition) is 4. The number of sulfone groups is 1. The summed E-state index contributed by atoms with van der Waals surface area (Å²) in [6.07, 6.45) is 1.76. The SMILES string of the molecule is Cc1ccn(CCS(=O)(=O)c2cccc(C(N)=S)c2)n1. The van der Waals surface area contributed by atoms with Crippen LogP contribution in [0.3, 0.4) is 0 Å². The van der Waals surface area contributed by atoms with Crippen LogP contribution >= 0.6 is 12.2 Å². The third kappa shape index (κ3) is 3.43. The van der Waals surface area contributed by atoms with E-state index >= 15 is 0 Å². The van der Waals surface area contributed by atoms with Gasteiger partial charge in [-0.3, -0.25) is 4.68 Å². The van der Waals surface area contributed by atoms with Gasteiger partial charge in [-0.2, -0.15) is 5.10 Å². The van der Waals surface area contributed by atoms with E-state index in [0.717, 1.165) is 5.69 Å². The summed E-state index contributed by atoms with van der Waals surface area (Å²) in [5, 5.41) is 4.16. The van der Waals surface area contributed by atoms with Crippen LogP contribution in [0.15, 0.2) is 41.4 Å². The Kier molecular flexibility index (Phi) is 4.20. The summed E-state index contributed by atoms with van der Waals surface area (Å²) in [7, 11) is -3.38. The Labute approximate surface area is 123 Å². The molecule has 0 aliphatic heterocycles. The molecule has 7 heteroatoms. The van der Waals surface area contributed by atoms with Crippen LogP contribution in [-0.4, -0.2) is 28.9 Å². The third-order valence-electron chi connectivity index (χ3n) is 2.84. The highest BCUT2D eigenvalue weighted by atomic mass is 32.2. The average molecular weight is 309 g/mol. The second kappa shape index (κ2) is 5.72. The highest BCUT2D eigenvalue weighted by molar-refractivity contribution is 7.91. The Morgan fingerprint density at radius 1 is 1.40 bits per heavy atom. The van der Waals surface area contributed by atoms with Gasteiger partial charge in [0.25, 0.3) is 0 Å². The van der Waals surface area contributed by atoms with Crippen molar-refractivity contribution >= 4 is 27.0 Å². The van der Waals surface area contributed by atoms with Gasteiger partial charge >= 0.3 is 0 Å². The van der Waals surface area contributed by atoms with Gasteiger partial charge in [0, 0.05) is 11.8 Å². The fraction of sp³-hybridized carbons (Fsp3) is 0.231. The maximum absolute atomic E-state index is 12.3. The monoisotopic (exact) mass is 309 g/mol. The number of rotatable bonds is 5. The lowest BCUT2D eigenvalue weighted by Gasteiger charge is -2.06. The molecule has 2 N–H and O–H groups in total. The van der Waals surface area contributed by atoms with Gasteiger partial charge in [0.05, 0.1) is 22.9 Å². The molecule has 1 aromatic heterocycles. The number of nitrogens with two attached hydrogens (primary N) is 1. The van der Waals surface area contributed by atoms with Crippen molar-refractivity contribution in [1.29, 1.82) is 0 Å². The summed E-state index contributed by atoms with van der Waals surface area (Å²) in [5.41, 5.74) is 6.93. The zero-order valence-corrected chi connectivity index (χ0v) is 12.6. The molecule has 106 valence electrons. The molecule has 20 heavy (non-hydrogen) atoms. The molecule has 0 amide bonds. The molecule has 5 nitrogen and oxygen atoms in total. The zero-order chi connectivity index (χ0) is 14.8. The number of benzene rings is 1. The van der Waals surface area contributed by atoms with Crippen molar-refractivity contribution in [3.8, 4) is 0 Å². The third-order valence-corrected chi connectivity index (χ3v) is 4.77. The molecule has 1 heterocycles. The normalized spacial score (nSPS) is 11.4. The molecule has 0 spiro atoms. The van der Waals surface area contributed by atoms with Crippen molar-refractivity contribution in [1.82, 2.24) is 9.78 Å². The summed E-state index contributed by atoms with van der Waals surface area (Å²) >= 11 is 4.86. The predicted molar refractivity (Wildman–Crippen MR) is 81.3 cm³/mol. The maximum atomic E-state index is 12.3. The van der Waals surface area contributed by atoms with Crippen molar-refractivity contribution in [2.75, 3.05) is 5.75 Å². The van der Waals surface area contributed by atoms with Crippen LogP contribution in [-0.2, 0) is 16.4 Å². The van der Waals surface area contributed by atoms with Gasteiger partial charge in [-0.15, -0.1) is 0 Å². The van der Waals surface area contributed by atoms with Gasteiger partial charge in [-0.1, -0.05) is 24.4 Å². The lowest BCUT2D eigenvalue weighted by molar-refractivity contribution is 0.580. The van der Waals surface area contributed by atoms with Gasteiger partial charge in [-0.25, -0.2) is 8.42 Å². The first kappa shape index (κ1) is 14.7. The van der Waals surface area contributed by atoms with E-state index < -0.39 is 9.84 Å². The molecule has 0 saturated heterocycles. The molecule has 0 aliphatic rings. The lowest BCUT2D eigenvalue weighted by atomic mass is 10.2. The first-order chi connectivity index (χ1) is 9.38. The molecule has 0 bridgehead atoms. The molecule has 0 saturated carbocycles. The van der Waals surface area contributed by atoms with Gasteiger partial charge in [-0.05, 0) is 25.1 Å². The van der Waals surface area contributed by atoms with Crippen molar-refractivity contribution in [3.63, 3.8) is 0 Å². The zero-order valence-electron chi connectivity index (χ0n) is 11.0. The first-order valence-electron chi connectivity index (χ1n) is 6.01. The molecule has 0 fully saturated rings. The van der Waals surface area contributed by atoms with Crippen LogP contribution in [0.4, 0.5) is 0 Å². The summed E-state index contributed by atoms with van der Waals surface area (Å²) < 4.78 is 26.1. The summed E-state index contributed by atoms with van der Waals surface area (Å²) in [6, 6.07) is 8.22. The Morgan fingerprint density at radius 2 is 2.15 bits per heavy atom. The number of aromatic nitrogens is 2. The largest absolute Gasteiger partial charge is 0.389 e. The van der Waals surface area contributed by atoms with E-state index in [1.54, 1.807) is 29.1 Å². The Balaban J connectivity index is 2.17. The van der Waals surface area contributed by atoms with Crippen LogP contribution in [0.5, 0.6) is 0 Å². The summed E-state index contributed by atoms with van der Waals surface area (Å²) in [5.74, 6) is -0.0189. The van der Waals surface area contributed by atoms with Crippen LogP contribution in [0.1, 0.15) is 11.3 Å². The summed E-state index contributed by atoms with van der Waals surface area (Å²) in [6.45, 7) is 2.17. The number of nitrogens with zero attached hydrogens (tertiary/aromatic N) is 2. The molecule has 0 atom stereocenters. The van der Waals surface area contributed by atoms with E-state index in [1.807, 2.05) is 13.0 Å². The van der Waals surface area contributed by atoms with E-state index in [4.69, 9.17) is 18.0 Å². The molecular weight excluding hydrogens is 294 g/mol. The Bertz CT molecular complexity index is 736. The van der Waals surface area contributed by atoms with E-state index in [9.17, 15) is 8.42 Å².